The van der Waals surface area contributed by atoms with E-state index in [9.17, 15) is 4.39 Å². The summed E-state index contributed by atoms with van der Waals surface area (Å²) in [5, 5.41) is 4.40. The first-order valence-electron chi connectivity index (χ1n) is 6.64. The zero-order valence-corrected chi connectivity index (χ0v) is 12.0. The lowest BCUT2D eigenvalue weighted by atomic mass is 9.99. The highest BCUT2D eigenvalue weighted by molar-refractivity contribution is 7.22. The molecule has 1 N–H and O–H groups in total. The molecule has 0 aliphatic carbocycles. The Morgan fingerprint density at radius 1 is 1.47 bits per heavy atom. The summed E-state index contributed by atoms with van der Waals surface area (Å²) in [6.07, 6.45) is 2.26. The van der Waals surface area contributed by atoms with E-state index in [1.165, 1.54) is 12.1 Å². The van der Waals surface area contributed by atoms with E-state index in [1.807, 2.05) is 0 Å². The highest BCUT2D eigenvalue weighted by atomic mass is 32.1. The molecule has 2 heterocycles. The standard InChI is InChI=1S/C14H18FN3S/c1-9-7-11(5-6-18(9)2)16-14-17-12-8-10(15)3-4-13(12)19-14/h3-4,8-9,11H,5-7H2,1-2H3,(H,16,17). The molecule has 19 heavy (non-hydrogen) atoms. The molecule has 3 nitrogen and oxygen atoms in total. The van der Waals surface area contributed by atoms with Crippen LogP contribution in [0.25, 0.3) is 10.2 Å². The van der Waals surface area contributed by atoms with Crippen molar-refractivity contribution >= 4 is 26.7 Å². The molecule has 3 rings (SSSR count). The van der Waals surface area contributed by atoms with Crippen molar-refractivity contribution in [1.29, 1.82) is 0 Å². The van der Waals surface area contributed by atoms with Crippen molar-refractivity contribution in [1.82, 2.24) is 9.88 Å². The van der Waals surface area contributed by atoms with Gasteiger partial charge >= 0.3 is 0 Å². The number of hydrogen-bond acceptors (Lipinski definition) is 4. The van der Waals surface area contributed by atoms with E-state index < -0.39 is 0 Å². The normalized spacial score (nSPS) is 24.8. The fourth-order valence-corrected chi connectivity index (χ4v) is 3.48. The number of aromatic nitrogens is 1. The molecule has 2 unspecified atom stereocenters. The monoisotopic (exact) mass is 279 g/mol. The van der Waals surface area contributed by atoms with Gasteiger partial charge in [0.15, 0.2) is 5.13 Å². The highest BCUT2D eigenvalue weighted by Crippen LogP contribution is 2.28. The van der Waals surface area contributed by atoms with Gasteiger partial charge in [0, 0.05) is 24.7 Å². The predicted molar refractivity (Wildman–Crippen MR) is 78.3 cm³/mol. The fourth-order valence-electron chi connectivity index (χ4n) is 2.56. The number of rotatable bonds is 2. The van der Waals surface area contributed by atoms with Crippen molar-refractivity contribution in [3.8, 4) is 0 Å². The predicted octanol–water partition coefficient (Wildman–Crippen LogP) is 3.33. The third-order valence-corrected chi connectivity index (χ3v) is 4.85. The van der Waals surface area contributed by atoms with Gasteiger partial charge < -0.3 is 10.2 Å². The molecule has 0 bridgehead atoms. The Balaban J connectivity index is 1.74. The molecule has 1 aromatic carbocycles. The van der Waals surface area contributed by atoms with Crippen LogP contribution in [0.5, 0.6) is 0 Å². The molecule has 1 saturated heterocycles. The summed E-state index contributed by atoms with van der Waals surface area (Å²) in [4.78, 5) is 6.85. The summed E-state index contributed by atoms with van der Waals surface area (Å²) in [6.45, 7) is 3.36. The van der Waals surface area contributed by atoms with Crippen molar-refractivity contribution < 1.29 is 4.39 Å². The number of fused-ring (bicyclic) bond motifs is 1. The molecule has 0 amide bonds. The van der Waals surface area contributed by atoms with Crippen molar-refractivity contribution in [2.75, 3.05) is 18.9 Å². The smallest absolute Gasteiger partial charge is 0.184 e. The van der Waals surface area contributed by atoms with E-state index >= 15 is 0 Å². The Morgan fingerprint density at radius 3 is 3.11 bits per heavy atom. The van der Waals surface area contributed by atoms with Crippen molar-refractivity contribution in [2.24, 2.45) is 0 Å². The van der Waals surface area contributed by atoms with Gasteiger partial charge in [0.2, 0.25) is 0 Å². The third-order valence-electron chi connectivity index (χ3n) is 3.89. The first-order valence-corrected chi connectivity index (χ1v) is 7.46. The first kappa shape index (κ1) is 12.8. The molecular weight excluding hydrogens is 261 g/mol. The van der Waals surface area contributed by atoms with Crippen molar-refractivity contribution in [3.05, 3.63) is 24.0 Å². The summed E-state index contributed by atoms with van der Waals surface area (Å²) < 4.78 is 14.2. The maximum absolute atomic E-state index is 13.1. The molecule has 102 valence electrons. The Kier molecular flexibility index (Phi) is 3.41. The topological polar surface area (TPSA) is 28.2 Å². The summed E-state index contributed by atoms with van der Waals surface area (Å²) in [5.74, 6) is -0.225. The van der Waals surface area contributed by atoms with Gasteiger partial charge in [-0.15, -0.1) is 0 Å². The van der Waals surface area contributed by atoms with Crippen LogP contribution in [0, 0.1) is 5.82 Å². The number of thiazole rings is 1. The number of likely N-dealkylation sites (tertiary alicyclic amines) is 1. The fraction of sp³-hybridized carbons (Fsp3) is 0.500. The van der Waals surface area contributed by atoms with Crippen LogP contribution in [0.15, 0.2) is 18.2 Å². The van der Waals surface area contributed by atoms with Crippen LogP contribution < -0.4 is 5.32 Å². The largest absolute Gasteiger partial charge is 0.359 e. The Hall–Kier alpha value is -1.20. The molecule has 1 aliphatic heterocycles. The second-order valence-electron chi connectivity index (χ2n) is 5.33. The van der Waals surface area contributed by atoms with Gasteiger partial charge in [-0.25, -0.2) is 9.37 Å². The Labute approximate surface area is 116 Å². The lowest BCUT2D eigenvalue weighted by molar-refractivity contribution is 0.190. The van der Waals surface area contributed by atoms with Crippen LogP contribution in [0.3, 0.4) is 0 Å². The summed E-state index contributed by atoms with van der Waals surface area (Å²) in [7, 11) is 2.17. The molecule has 1 fully saturated rings. The molecule has 1 aliphatic rings. The van der Waals surface area contributed by atoms with Crippen LogP contribution in [0.4, 0.5) is 9.52 Å². The molecule has 2 atom stereocenters. The van der Waals surface area contributed by atoms with Crippen molar-refractivity contribution in [3.63, 3.8) is 0 Å². The van der Waals surface area contributed by atoms with Crippen LogP contribution >= 0.6 is 11.3 Å². The van der Waals surface area contributed by atoms with Gasteiger partial charge in [-0.2, -0.15) is 0 Å². The lowest BCUT2D eigenvalue weighted by Gasteiger charge is -2.35. The number of nitrogens with zero attached hydrogens (tertiary/aromatic N) is 2. The van der Waals surface area contributed by atoms with E-state index in [1.54, 1.807) is 17.4 Å². The van der Waals surface area contributed by atoms with Gasteiger partial charge in [-0.1, -0.05) is 11.3 Å². The average Bonchev–Trinajstić information content (AvgIpc) is 2.75. The second kappa shape index (κ2) is 5.06. The zero-order valence-electron chi connectivity index (χ0n) is 11.2. The molecule has 0 spiro atoms. The summed E-state index contributed by atoms with van der Waals surface area (Å²) >= 11 is 1.60. The number of hydrogen-bond donors (Lipinski definition) is 1. The molecular formula is C14H18FN3S. The number of anilines is 1. The van der Waals surface area contributed by atoms with E-state index in [0.29, 0.717) is 12.1 Å². The molecule has 1 aromatic heterocycles. The van der Waals surface area contributed by atoms with Crippen LogP contribution in [0.1, 0.15) is 19.8 Å². The zero-order chi connectivity index (χ0) is 13.4. The van der Waals surface area contributed by atoms with Gasteiger partial charge in [0.1, 0.15) is 5.82 Å². The first-order chi connectivity index (χ1) is 9.11. The van der Waals surface area contributed by atoms with E-state index in [-0.39, 0.29) is 5.82 Å². The minimum Gasteiger partial charge on any atom is -0.359 e. The van der Waals surface area contributed by atoms with E-state index in [0.717, 1.165) is 34.7 Å². The van der Waals surface area contributed by atoms with E-state index in [2.05, 4.69) is 29.2 Å². The molecule has 0 radical (unpaired) electrons. The highest BCUT2D eigenvalue weighted by Gasteiger charge is 2.23. The molecule has 2 aromatic rings. The molecule has 5 heteroatoms. The van der Waals surface area contributed by atoms with Gasteiger partial charge in [0.25, 0.3) is 0 Å². The maximum atomic E-state index is 13.1. The number of halogens is 1. The van der Waals surface area contributed by atoms with Crippen LogP contribution in [0.2, 0.25) is 0 Å². The van der Waals surface area contributed by atoms with Crippen LogP contribution in [-0.2, 0) is 0 Å². The van der Waals surface area contributed by atoms with Crippen LogP contribution in [-0.4, -0.2) is 35.6 Å². The van der Waals surface area contributed by atoms with E-state index in [4.69, 9.17) is 0 Å². The maximum Gasteiger partial charge on any atom is 0.184 e. The third kappa shape index (κ3) is 2.72. The lowest BCUT2D eigenvalue weighted by Crippen LogP contribution is -2.42. The Morgan fingerprint density at radius 2 is 2.32 bits per heavy atom. The summed E-state index contributed by atoms with van der Waals surface area (Å²) in [5.41, 5.74) is 0.744. The molecule has 0 saturated carbocycles. The Bertz CT molecular complexity index is 583. The minimum atomic E-state index is -0.225. The number of piperidine rings is 1. The second-order valence-corrected chi connectivity index (χ2v) is 6.36. The SMILES string of the molecule is CC1CC(Nc2nc3cc(F)ccc3s2)CCN1C. The van der Waals surface area contributed by atoms with Gasteiger partial charge in [0.05, 0.1) is 10.2 Å². The van der Waals surface area contributed by atoms with Gasteiger partial charge in [-0.3, -0.25) is 0 Å². The van der Waals surface area contributed by atoms with Gasteiger partial charge in [-0.05, 0) is 38.9 Å². The van der Waals surface area contributed by atoms with Crippen molar-refractivity contribution in [2.45, 2.75) is 31.8 Å². The average molecular weight is 279 g/mol. The number of benzene rings is 1. The summed E-state index contributed by atoms with van der Waals surface area (Å²) in [6, 6.07) is 5.84. The minimum absolute atomic E-state index is 0.225. The quantitative estimate of drug-likeness (QED) is 0.914. The number of nitrogens with one attached hydrogen (secondary N) is 1.